The molecule has 0 aliphatic carbocycles. The number of thiazole rings is 1. The Balaban J connectivity index is 2.02. The van der Waals surface area contributed by atoms with E-state index in [0.29, 0.717) is 11.0 Å². The van der Waals surface area contributed by atoms with Gasteiger partial charge in [0, 0.05) is 28.4 Å². The summed E-state index contributed by atoms with van der Waals surface area (Å²) in [5, 5.41) is 1.98. The van der Waals surface area contributed by atoms with E-state index >= 15 is 0 Å². The third kappa shape index (κ3) is 2.17. The number of fused-ring (bicyclic) bond motifs is 1. The van der Waals surface area contributed by atoms with Crippen molar-refractivity contribution in [3.05, 3.63) is 55.0 Å². The van der Waals surface area contributed by atoms with Crippen LogP contribution in [0.5, 0.6) is 0 Å². The maximum atomic E-state index is 11.9. The molecule has 0 atom stereocenters. The Morgan fingerprint density at radius 2 is 2.17 bits per heavy atom. The summed E-state index contributed by atoms with van der Waals surface area (Å²) in [7, 11) is 0. The zero-order chi connectivity index (χ0) is 12.7. The molecule has 0 aliphatic heterocycles. The Kier molecular flexibility index (Phi) is 3.13. The van der Waals surface area contributed by atoms with Gasteiger partial charge in [-0.3, -0.25) is 9.20 Å². The van der Waals surface area contributed by atoms with Crippen LogP contribution in [0.2, 0.25) is 0 Å². The quantitative estimate of drug-likeness (QED) is 0.676. The van der Waals surface area contributed by atoms with E-state index in [4.69, 9.17) is 0 Å². The van der Waals surface area contributed by atoms with Crippen molar-refractivity contribution >= 4 is 48.2 Å². The molecule has 0 spiro atoms. The third-order valence-electron chi connectivity index (χ3n) is 2.48. The SMILES string of the molecule is O=c1c(Br)cc(Br)cn1Cc1cn2ccsc2n1. The molecule has 0 bridgehead atoms. The van der Waals surface area contributed by atoms with E-state index < -0.39 is 0 Å². The molecule has 0 unspecified atom stereocenters. The molecule has 3 aromatic heterocycles. The van der Waals surface area contributed by atoms with Gasteiger partial charge in [0.1, 0.15) is 0 Å². The average Bonchev–Trinajstić information content (AvgIpc) is 2.85. The highest BCUT2D eigenvalue weighted by molar-refractivity contribution is 9.11. The van der Waals surface area contributed by atoms with Crippen LogP contribution in [0.3, 0.4) is 0 Å². The molecule has 7 heteroatoms. The van der Waals surface area contributed by atoms with Crippen LogP contribution in [-0.4, -0.2) is 14.0 Å². The largest absolute Gasteiger partial charge is 0.307 e. The minimum atomic E-state index is -0.0606. The minimum Gasteiger partial charge on any atom is -0.307 e. The topological polar surface area (TPSA) is 39.3 Å². The molecular formula is C11H7Br2N3OS. The Labute approximate surface area is 123 Å². The van der Waals surface area contributed by atoms with Crippen LogP contribution < -0.4 is 5.56 Å². The van der Waals surface area contributed by atoms with Crippen LogP contribution in [0.15, 0.2) is 43.8 Å². The van der Waals surface area contributed by atoms with Crippen LogP contribution in [0.4, 0.5) is 0 Å². The summed E-state index contributed by atoms with van der Waals surface area (Å²) in [4.78, 5) is 17.3. The molecule has 0 amide bonds. The van der Waals surface area contributed by atoms with Crippen molar-refractivity contribution in [2.24, 2.45) is 0 Å². The molecular weight excluding hydrogens is 382 g/mol. The minimum absolute atomic E-state index is 0.0606. The first-order valence-corrected chi connectivity index (χ1v) is 7.56. The lowest BCUT2D eigenvalue weighted by atomic mass is 10.4. The number of halogens is 2. The van der Waals surface area contributed by atoms with E-state index in [1.54, 1.807) is 28.2 Å². The third-order valence-corrected chi connectivity index (χ3v) is 4.26. The van der Waals surface area contributed by atoms with E-state index in [-0.39, 0.29) is 5.56 Å². The second kappa shape index (κ2) is 4.64. The number of pyridine rings is 1. The van der Waals surface area contributed by atoms with Gasteiger partial charge in [0.15, 0.2) is 4.96 Å². The Hall–Kier alpha value is -0.920. The predicted octanol–water partition coefficient (Wildman–Crippen LogP) is 3.13. The Bertz CT molecular complexity index is 746. The van der Waals surface area contributed by atoms with Crippen LogP contribution in [-0.2, 0) is 6.54 Å². The number of rotatable bonds is 2. The van der Waals surface area contributed by atoms with Gasteiger partial charge in [0.2, 0.25) is 0 Å². The monoisotopic (exact) mass is 387 g/mol. The molecule has 0 aliphatic rings. The van der Waals surface area contributed by atoms with Crippen molar-refractivity contribution in [1.82, 2.24) is 14.0 Å². The molecule has 0 saturated carbocycles. The highest BCUT2D eigenvalue weighted by Gasteiger charge is 2.07. The van der Waals surface area contributed by atoms with Crippen LogP contribution in [0, 0.1) is 0 Å². The molecule has 0 saturated heterocycles. The van der Waals surface area contributed by atoms with E-state index in [1.807, 2.05) is 22.2 Å². The van der Waals surface area contributed by atoms with Crippen molar-refractivity contribution in [2.45, 2.75) is 6.54 Å². The summed E-state index contributed by atoms with van der Waals surface area (Å²) in [5.41, 5.74) is 0.809. The highest BCUT2D eigenvalue weighted by Crippen LogP contribution is 2.15. The zero-order valence-electron chi connectivity index (χ0n) is 9.01. The fourth-order valence-electron chi connectivity index (χ4n) is 1.71. The van der Waals surface area contributed by atoms with Gasteiger partial charge in [-0.2, -0.15) is 0 Å². The highest BCUT2D eigenvalue weighted by atomic mass is 79.9. The summed E-state index contributed by atoms with van der Waals surface area (Å²) in [6.45, 7) is 0.464. The van der Waals surface area contributed by atoms with Gasteiger partial charge in [0.05, 0.1) is 16.7 Å². The van der Waals surface area contributed by atoms with Gasteiger partial charge < -0.3 is 4.57 Å². The maximum absolute atomic E-state index is 11.9. The molecule has 0 fully saturated rings. The predicted molar refractivity (Wildman–Crippen MR) is 78.3 cm³/mol. The first kappa shape index (κ1) is 12.1. The molecule has 0 radical (unpaired) electrons. The summed E-state index contributed by atoms with van der Waals surface area (Å²) in [6, 6.07) is 1.74. The lowest BCUT2D eigenvalue weighted by Gasteiger charge is -2.04. The van der Waals surface area contributed by atoms with Gasteiger partial charge in [-0.25, -0.2) is 4.98 Å². The van der Waals surface area contributed by atoms with Crippen molar-refractivity contribution < 1.29 is 0 Å². The molecule has 3 aromatic rings. The lowest BCUT2D eigenvalue weighted by Crippen LogP contribution is -2.20. The van der Waals surface area contributed by atoms with Crippen LogP contribution >= 0.6 is 43.2 Å². The second-order valence-corrected chi connectivity index (χ2v) is 6.41. The molecule has 0 aromatic carbocycles. The fourth-order valence-corrected chi connectivity index (χ4v) is 3.69. The second-order valence-electron chi connectivity index (χ2n) is 3.76. The number of imidazole rings is 1. The maximum Gasteiger partial charge on any atom is 0.265 e. The standard InChI is InChI=1S/C11H7Br2N3OS/c12-7-3-9(13)10(17)16(4-7)6-8-5-15-1-2-18-11(15)14-8/h1-5H,6H2. The van der Waals surface area contributed by atoms with Gasteiger partial charge in [0.25, 0.3) is 5.56 Å². The molecule has 4 nitrogen and oxygen atoms in total. The number of hydrogen-bond donors (Lipinski definition) is 0. The van der Waals surface area contributed by atoms with E-state index in [0.717, 1.165) is 15.1 Å². The fraction of sp³-hybridized carbons (Fsp3) is 0.0909. The summed E-state index contributed by atoms with van der Waals surface area (Å²) in [5.74, 6) is 0. The smallest absolute Gasteiger partial charge is 0.265 e. The van der Waals surface area contributed by atoms with E-state index in [2.05, 4.69) is 36.8 Å². The number of nitrogens with zero attached hydrogens (tertiary/aromatic N) is 3. The summed E-state index contributed by atoms with van der Waals surface area (Å²) >= 11 is 8.20. The zero-order valence-corrected chi connectivity index (χ0v) is 13.0. The van der Waals surface area contributed by atoms with Crippen molar-refractivity contribution in [3.8, 4) is 0 Å². The Morgan fingerprint density at radius 1 is 1.33 bits per heavy atom. The van der Waals surface area contributed by atoms with Gasteiger partial charge >= 0.3 is 0 Å². The number of aromatic nitrogens is 3. The van der Waals surface area contributed by atoms with E-state index in [9.17, 15) is 4.79 Å². The van der Waals surface area contributed by atoms with Crippen molar-refractivity contribution in [2.75, 3.05) is 0 Å². The van der Waals surface area contributed by atoms with Crippen molar-refractivity contribution in [3.63, 3.8) is 0 Å². The number of hydrogen-bond acceptors (Lipinski definition) is 3. The molecule has 3 heterocycles. The van der Waals surface area contributed by atoms with Crippen LogP contribution in [0.25, 0.3) is 4.96 Å². The van der Waals surface area contributed by atoms with Gasteiger partial charge in [-0.15, -0.1) is 11.3 Å². The lowest BCUT2D eigenvalue weighted by molar-refractivity contribution is 0.737. The van der Waals surface area contributed by atoms with Gasteiger partial charge in [-0.1, -0.05) is 0 Å². The van der Waals surface area contributed by atoms with Crippen molar-refractivity contribution in [1.29, 1.82) is 0 Å². The molecule has 3 rings (SSSR count). The summed E-state index contributed by atoms with van der Waals surface area (Å²) in [6.07, 6.45) is 5.66. The van der Waals surface area contributed by atoms with Gasteiger partial charge in [-0.05, 0) is 37.9 Å². The first-order chi connectivity index (χ1) is 8.63. The molecule has 92 valence electrons. The summed E-state index contributed by atoms with van der Waals surface area (Å²) < 4.78 is 4.98. The van der Waals surface area contributed by atoms with Crippen LogP contribution in [0.1, 0.15) is 5.69 Å². The first-order valence-electron chi connectivity index (χ1n) is 5.10. The molecule has 0 N–H and O–H groups in total. The Morgan fingerprint density at radius 3 is 2.94 bits per heavy atom. The molecule has 18 heavy (non-hydrogen) atoms. The normalized spacial score (nSPS) is 11.2. The average molecular weight is 389 g/mol. The van der Waals surface area contributed by atoms with E-state index in [1.165, 1.54) is 0 Å².